The molecule has 1 unspecified atom stereocenters. The summed E-state index contributed by atoms with van der Waals surface area (Å²) in [4.78, 5) is 16.4. The Morgan fingerprint density at radius 2 is 1.93 bits per heavy atom. The summed E-state index contributed by atoms with van der Waals surface area (Å²) in [6.45, 7) is 6.30. The number of ether oxygens (including phenoxy) is 1. The van der Waals surface area contributed by atoms with Gasteiger partial charge in [0.1, 0.15) is 0 Å². The van der Waals surface area contributed by atoms with Gasteiger partial charge in [0.15, 0.2) is 5.65 Å². The molecule has 0 saturated carbocycles. The number of aromatic nitrogens is 3. The van der Waals surface area contributed by atoms with E-state index in [1.54, 1.807) is 24.4 Å². The standard InChI is InChI=1S/C14H12N4O3S.C4H8O.C2H6.2H2/c19-14(11-5-10-8-17-18-13(10)15-7-11)16-6-9-1-3-12(4-2-9)22(20)21;1-2-4-5-3-1;1-2;;/h1-5,7-8H,6H2,(H,16,19)(H,20,21)(H,15,17,18);1-4H2;1-2H3;2*1H/p-1. The molecule has 0 bridgehead atoms. The second-order valence-electron chi connectivity index (χ2n) is 5.91. The molecule has 1 aliphatic heterocycles. The van der Waals surface area contributed by atoms with Gasteiger partial charge in [0.25, 0.3) is 5.91 Å². The summed E-state index contributed by atoms with van der Waals surface area (Å²) in [6.07, 6.45) is 5.63. The van der Waals surface area contributed by atoms with Crippen LogP contribution in [0.25, 0.3) is 11.0 Å². The number of carbonyl (C=O) groups excluding carboxylic acids is 1. The molecule has 1 aromatic carbocycles. The number of H-pyrrole nitrogens is 1. The van der Waals surface area contributed by atoms with Crippen molar-refractivity contribution in [3.8, 4) is 0 Å². The fourth-order valence-corrected chi connectivity index (χ4v) is 2.83. The number of aromatic amines is 1. The minimum absolute atomic E-state index is 0. The molecular weight excluding hydrogens is 392 g/mol. The van der Waals surface area contributed by atoms with Gasteiger partial charge >= 0.3 is 0 Å². The van der Waals surface area contributed by atoms with E-state index in [0.29, 0.717) is 17.8 Å². The fourth-order valence-electron chi connectivity index (χ4n) is 2.47. The van der Waals surface area contributed by atoms with Crippen LogP contribution in [0, 0.1) is 0 Å². The Hall–Kier alpha value is -2.62. The number of carbonyl (C=O) groups is 1. The number of pyridine rings is 1. The molecule has 3 aromatic rings. The average Bonchev–Trinajstić information content (AvgIpc) is 3.48. The van der Waals surface area contributed by atoms with Crippen molar-refractivity contribution in [1.82, 2.24) is 20.5 Å². The molecule has 0 spiro atoms. The predicted octanol–water partition coefficient (Wildman–Crippen LogP) is 3.44. The first-order valence-electron chi connectivity index (χ1n) is 9.47. The Morgan fingerprint density at radius 1 is 1.24 bits per heavy atom. The first-order chi connectivity index (χ1) is 14.1. The number of amides is 1. The minimum atomic E-state index is -2.24. The van der Waals surface area contributed by atoms with E-state index < -0.39 is 11.1 Å². The van der Waals surface area contributed by atoms with Gasteiger partial charge in [-0.25, -0.2) is 4.98 Å². The molecular formula is C20H29N4O4S-. The van der Waals surface area contributed by atoms with Gasteiger partial charge < -0.3 is 14.6 Å². The van der Waals surface area contributed by atoms with Gasteiger partial charge in [0.2, 0.25) is 0 Å². The molecule has 1 atom stereocenters. The molecule has 4 rings (SSSR count). The van der Waals surface area contributed by atoms with Crippen molar-refractivity contribution < 1.29 is 21.1 Å². The summed E-state index contributed by atoms with van der Waals surface area (Å²) in [5, 5.41) is 10.1. The highest BCUT2D eigenvalue weighted by atomic mass is 32.2. The van der Waals surface area contributed by atoms with Crippen molar-refractivity contribution in [2.45, 2.75) is 38.1 Å². The zero-order valence-corrected chi connectivity index (χ0v) is 17.3. The van der Waals surface area contributed by atoms with Crippen LogP contribution in [0.5, 0.6) is 0 Å². The average molecular weight is 422 g/mol. The molecule has 29 heavy (non-hydrogen) atoms. The minimum Gasteiger partial charge on any atom is -0.768 e. The first kappa shape index (κ1) is 22.7. The highest BCUT2D eigenvalue weighted by Crippen LogP contribution is 2.11. The highest BCUT2D eigenvalue weighted by molar-refractivity contribution is 7.79. The van der Waals surface area contributed by atoms with E-state index in [1.165, 1.54) is 31.2 Å². The van der Waals surface area contributed by atoms with Crippen molar-refractivity contribution in [3.63, 3.8) is 0 Å². The highest BCUT2D eigenvalue weighted by Gasteiger charge is 2.08. The maximum Gasteiger partial charge on any atom is 0.253 e. The van der Waals surface area contributed by atoms with Crippen molar-refractivity contribution in [1.29, 1.82) is 0 Å². The molecule has 1 fully saturated rings. The fraction of sp³-hybridized carbons (Fsp3) is 0.350. The van der Waals surface area contributed by atoms with E-state index in [2.05, 4.69) is 20.5 Å². The molecule has 0 aliphatic carbocycles. The van der Waals surface area contributed by atoms with Gasteiger partial charge in [-0.15, -0.1) is 0 Å². The SMILES string of the molecule is C1CCOC1.CC.O=C(NCc1ccc(S(=O)[O-])cc1)c1cnc2[nH]ncc2c1.[HH].[HH]. The lowest BCUT2D eigenvalue weighted by atomic mass is 10.2. The molecule has 0 radical (unpaired) electrons. The third kappa shape index (κ3) is 7.04. The van der Waals surface area contributed by atoms with Crippen LogP contribution in [0.2, 0.25) is 0 Å². The summed E-state index contributed by atoms with van der Waals surface area (Å²) in [5.41, 5.74) is 1.86. The number of hydrogen-bond donors (Lipinski definition) is 2. The molecule has 160 valence electrons. The largest absolute Gasteiger partial charge is 0.768 e. The number of nitrogens with zero attached hydrogens (tertiary/aromatic N) is 2. The summed E-state index contributed by atoms with van der Waals surface area (Å²) < 4.78 is 26.5. The van der Waals surface area contributed by atoms with Gasteiger partial charge in [0, 0.05) is 39.1 Å². The topological polar surface area (TPSA) is 120 Å². The van der Waals surface area contributed by atoms with E-state index in [1.807, 2.05) is 13.8 Å². The quantitative estimate of drug-likeness (QED) is 0.623. The predicted molar refractivity (Wildman–Crippen MR) is 114 cm³/mol. The molecule has 2 N–H and O–H groups in total. The van der Waals surface area contributed by atoms with Crippen molar-refractivity contribution >= 4 is 28.0 Å². The number of fused-ring (bicyclic) bond motifs is 1. The van der Waals surface area contributed by atoms with Gasteiger partial charge in [-0.2, -0.15) is 5.10 Å². The Balaban J connectivity index is 0.000000868. The van der Waals surface area contributed by atoms with Gasteiger partial charge in [-0.1, -0.05) is 26.0 Å². The second-order valence-corrected chi connectivity index (χ2v) is 6.85. The van der Waals surface area contributed by atoms with Gasteiger partial charge in [-0.3, -0.25) is 14.1 Å². The van der Waals surface area contributed by atoms with Crippen LogP contribution in [-0.2, 0) is 22.4 Å². The molecule has 1 amide bonds. The Kier molecular flexibility index (Phi) is 9.42. The van der Waals surface area contributed by atoms with Crippen LogP contribution in [0.3, 0.4) is 0 Å². The number of rotatable bonds is 4. The van der Waals surface area contributed by atoms with Crippen LogP contribution in [0.15, 0.2) is 47.6 Å². The van der Waals surface area contributed by atoms with Crippen LogP contribution in [0.4, 0.5) is 0 Å². The first-order valence-corrected chi connectivity index (χ1v) is 10.5. The number of nitrogens with one attached hydrogen (secondary N) is 2. The Bertz CT molecular complexity index is 927. The lowest BCUT2D eigenvalue weighted by Crippen LogP contribution is -2.22. The van der Waals surface area contributed by atoms with Crippen molar-refractivity contribution in [3.05, 3.63) is 53.9 Å². The van der Waals surface area contributed by atoms with E-state index in [-0.39, 0.29) is 13.7 Å². The van der Waals surface area contributed by atoms with Crippen molar-refractivity contribution in [2.75, 3.05) is 13.2 Å². The van der Waals surface area contributed by atoms with Crippen LogP contribution < -0.4 is 5.32 Å². The Morgan fingerprint density at radius 3 is 2.52 bits per heavy atom. The van der Waals surface area contributed by atoms with E-state index in [0.717, 1.165) is 24.2 Å². The normalized spacial score (nSPS) is 13.6. The second kappa shape index (κ2) is 12.1. The molecule has 2 aromatic heterocycles. The van der Waals surface area contributed by atoms with E-state index in [9.17, 15) is 13.6 Å². The molecule has 1 aliphatic rings. The van der Waals surface area contributed by atoms with Crippen LogP contribution in [0.1, 0.15) is 45.5 Å². The zero-order valence-electron chi connectivity index (χ0n) is 16.5. The zero-order chi connectivity index (χ0) is 21.1. The van der Waals surface area contributed by atoms with Gasteiger partial charge in [-0.05, 0) is 47.7 Å². The van der Waals surface area contributed by atoms with Crippen molar-refractivity contribution in [2.24, 2.45) is 0 Å². The maximum absolute atomic E-state index is 12.1. The summed E-state index contributed by atoms with van der Waals surface area (Å²) in [7, 11) is 0. The maximum atomic E-state index is 12.1. The summed E-state index contributed by atoms with van der Waals surface area (Å²) >= 11 is -2.24. The van der Waals surface area contributed by atoms with E-state index in [4.69, 9.17) is 4.74 Å². The smallest absolute Gasteiger partial charge is 0.253 e. The molecule has 3 heterocycles. The third-order valence-electron chi connectivity index (χ3n) is 3.95. The summed E-state index contributed by atoms with van der Waals surface area (Å²) in [5.74, 6) is -0.257. The van der Waals surface area contributed by atoms with Crippen LogP contribution in [-0.4, -0.2) is 43.1 Å². The monoisotopic (exact) mass is 421 g/mol. The Labute approximate surface area is 175 Å². The summed E-state index contributed by atoms with van der Waals surface area (Å²) in [6, 6.07) is 7.99. The number of benzene rings is 1. The van der Waals surface area contributed by atoms with E-state index >= 15 is 0 Å². The lowest BCUT2D eigenvalue weighted by molar-refractivity contribution is 0.0950. The third-order valence-corrected chi connectivity index (χ3v) is 4.61. The molecule has 1 saturated heterocycles. The number of hydrogen-bond acceptors (Lipinski definition) is 6. The molecule has 9 heteroatoms. The van der Waals surface area contributed by atoms with Crippen LogP contribution >= 0.6 is 0 Å². The van der Waals surface area contributed by atoms with Gasteiger partial charge in [0.05, 0.1) is 11.8 Å². The lowest BCUT2D eigenvalue weighted by Gasteiger charge is -2.08. The molecule has 8 nitrogen and oxygen atoms in total.